The number of aliphatic carboxylic acids is 1. The smallest absolute Gasteiger partial charge is 0.309 e. The summed E-state index contributed by atoms with van der Waals surface area (Å²) < 4.78 is 15.8. The molecule has 3 aromatic rings. The third-order valence-electron chi connectivity index (χ3n) is 8.65. The Morgan fingerprint density at radius 1 is 1.17 bits per heavy atom. The number of hydrogen-bond donors (Lipinski definition) is 1. The van der Waals surface area contributed by atoms with Crippen LogP contribution in [0, 0.1) is 16.6 Å². The number of rotatable bonds is 5. The predicted octanol–water partition coefficient (Wildman–Crippen LogP) is 5.19. The third kappa shape index (κ3) is 3.63. The molecule has 6 nitrogen and oxygen atoms in total. The van der Waals surface area contributed by atoms with Crippen LogP contribution in [-0.4, -0.2) is 38.0 Å². The summed E-state index contributed by atoms with van der Waals surface area (Å²) in [4.78, 5) is 31.9. The lowest BCUT2D eigenvalue weighted by atomic mass is 9.80. The molecule has 0 radical (unpaired) electrons. The van der Waals surface area contributed by atoms with E-state index in [-0.39, 0.29) is 16.3 Å². The zero-order chi connectivity index (χ0) is 24.4. The molecule has 3 aliphatic rings. The highest BCUT2D eigenvalue weighted by Crippen LogP contribution is 2.63. The van der Waals surface area contributed by atoms with Crippen LogP contribution < -0.4 is 0 Å². The Labute approximate surface area is 207 Å². The van der Waals surface area contributed by atoms with Gasteiger partial charge in [-0.05, 0) is 79.3 Å². The first-order chi connectivity index (χ1) is 16.8. The number of benzene rings is 1. The van der Waals surface area contributed by atoms with E-state index in [0.717, 1.165) is 41.6 Å². The van der Waals surface area contributed by atoms with Gasteiger partial charge in [0.05, 0.1) is 17.0 Å². The van der Waals surface area contributed by atoms with Gasteiger partial charge in [-0.2, -0.15) is 0 Å². The monoisotopic (exact) mass is 495 g/mol. The van der Waals surface area contributed by atoms with Crippen molar-refractivity contribution in [3.05, 3.63) is 64.2 Å². The second kappa shape index (κ2) is 8.05. The van der Waals surface area contributed by atoms with E-state index in [1.807, 2.05) is 11.0 Å². The van der Waals surface area contributed by atoms with Gasteiger partial charge in [0.15, 0.2) is 0 Å². The molecule has 3 heterocycles. The quantitative estimate of drug-likeness (QED) is 0.528. The van der Waals surface area contributed by atoms with Crippen molar-refractivity contribution in [1.29, 1.82) is 0 Å². The second-order valence-corrected chi connectivity index (χ2v) is 11.0. The molecule has 0 spiro atoms. The van der Waals surface area contributed by atoms with E-state index in [2.05, 4.69) is 15.6 Å². The van der Waals surface area contributed by atoms with Crippen LogP contribution in [0.5, 0.6) is 0 Å². The van der Waals surface area contributed by atoms with Crippen LogP contribution in [0.25, 0.3) is 11.0 Å². The Bertz CT molecular complexity index is 1360. The average Bonchev–Trinajstić information content (AvgIpc) is 3.51. The maximum Gasteiger partial charge on any atom is 0.309 e. The van der Waals surface area contributed by atoms with E-state index >= 15 is 0 Å². The molecule has 1 amide bonds. The molecule has 0 saturated heterocycles. The van der Waals surface area contributed by atoms with E-state index in [1.54, 1.807) is 18.3 Å². The maximum absolute atomic E-state index is 13.7. The number of hydrogen-bond acceptors (Lipinski definition) is 3. The van der Waals surface area contributed by atoms with Crippen molar-refractivity contribution in [3.63, 3.8) is 0 Å². The standard InChI is InChI=1S/C27H27ClFN3O3/c28-20-12-17(3-4-21(20)29)14-32-22-15-31(11-5-18(22)19-2-1-10-30-24(19)32)23(33)13-26-6-8-27(16-26,9-7-26)25(34)35/h1-4,10,12H,5-9,11,13-16H2,(H,34,35). The van der Waals surface area contributed by atoms with Crippen molar-refractivity contribution >= 4 is 34.5 Å². The van der Waals surface area contributed by atoms with Crippen molar-refractivity contribution in [2.24, 2.45) is 10.8 Å². The molecule has 6 rings (SSSR count). The van der Waals surface area contributed by atoms with Crippen LogP contribution in [-0.2, 0) is 29.1 Å². The summed E-state index contributed by atoms with van der Waals surface area (Å²) in [5, 5.41) is 10.9. The Balaban J connectivity index is 1.28. The lowest BCUT2D eigenvalue weighted by molar-refractivity contribution is -0.148. The van der Waals surface area contributed by atoms with Crippen molar-refractivity contribution in [1.82, 2.24) is 14.5 Å². The van der Waals surface area contributed by atoms with E-state index in [0.29, 0.717) is 45.3 Å². The summed E-state index contributed by atoms with van der Waals surface area (Å²) in [6, 6.07) is 8.72. The van der Waals surface area contributed by atoms with Gasteiger partial charge in [-0.25, -0.2) is 9.37 Å². The fourth-order valence-electron chi connectivity index (χ4n) is 6.76. The first kappa shape index (κ1) is 22.5. The Kier molecular flexibility index (Phi) is 5.18. The van der Waals surface area contributed by atoms with Gasteiger partial charge in [0.2, 0.25) is 5.91 Å². The number of carboxylic acids is 1. The molecule has 35 heavy (non-hydrogen) atoms. The summed E-state index contributed by atoms with van der Waals surface area (Å²) in [6.07, 6.45) is 6.55. The lowest BCUT2D eigenvalue weighted by Crippen LogP contribution is -2.39. The number of halogens is 2. The van der Waals surface area contributed by atoms with Crippen LogP contribution in [0.15, 0.2) is 36.5 Å². The van der Waals surface area contributed by atoms with Crippen LogP contribution in [0.2, 0.25) is 5.02 Å². The minimum absolute atomic E-state index is 0.0856. The summed E-state index contributed by atoms with van der Waals surface area (Å²) in [5.41, 5.74) is 3.18. The number of nitrogens with zero attached hydrogens (tertiary/aromatic N) is 3. The van der Waals surface area contributed by atoms with Crippen LogP contribution in [0.4, 0.5) is 4.39 Å². The number of amides is 1. The molecule has 2 saturated carbocycles. The topological polar surface area (TPSA) is 75.4 Å². The van der Waals surface area contributed by atoms with Gasteiger partial charge in [0.1, 0.15) is 11.5 Å². The first-order valence-electron chi connectivity index (χ1n) is 12.2. The Morgan fingerprint density at radius 3 is 2.69 bits per heavy atom. The highest BCUT2D eigenvalue weighted by atomic mass is 35.5. The molecule has 2 aliphatic carbocycles. The molecule has 2 fully saturated rings. The van der Waals surface area contributed by atoms with Crippen molar-refractivity contribution in [2.45, 2.75) is 58.0 Å². The van der Waals surface area contributed by atoms with Crippen LogP contribution in [0.1, 0.15) is 55.3 Å². The highest BCUT2D eigenvalue weighted by molar-refractivity contribution is 6.30. The molecule has 2 bridgehead atoms. The zero-order valence-electron chi connectivity index (χ0n) is 19.4. The van der Waals surface area contributed by atoms with Gasteiger partial charge in [-0.15, -0.1) is 0 Å². The van der Waals surface area contributed by atoms with Gasteiger partial charge in [-0.3, -0.25) is 9.59 Å². The number of fused-ring (bicyclic) bond motifs is 5. The Hall–Kier alpha value is -2.93. The molecule has 1 aliphatic heterocycles. The molecule has 0 unspecified atom stereocenters. The number of pyridine rings is 1. The summed E-state index contributed by atoms with van der Waals surface area (Å²) >= 11 is 6.03. The number of carbonyl (C=O) groups is 2. The highest BCUT2D eigenvalue weighted by Gasteiger charge is 2.58. The SMILES string of the molecule is O=C(CC12CCC(C(=O)O)(CC1)C2)N1CCc2c(n(Cc3ccc(F)c(Cl)c3)c3ncccc23)C1. The van der Waals surface area contributed by atoms with Gasteiger partial charge in [-0.1, -0.05) is 17.7 Å². The lowest BCUT2D eigenvalue weighted by Gasteiger charge is -2.33. The predicted molar refractivity (Wildman–Crippen MR) is 130 cm³/mol. The second-order valence-electron chi connectivity index (χ2n) is 10.6. The van der Waals surface area contributed by atoms with Crippen molar-refractivity contribution < 1.29 is 19.1 Å². The van der Waals surface area contributed by atoms with Gasteiger partial charge in [0, 0.05) is 36.8 Å². The average molecular weight is 496 g/mol. The first-order valence-corrected chi connectivity index (χ1v) is 12.6. The molecular weight excluding hydrogens is 469 g/mol. The van der Waals surface area contributed by atoms with E-state index in [9.17, 15) is 19.1 Å². The normalized spacial score (nSPS) is 25.3. The zero-order valence-corrected chi connectivity index (χ0v) is 20.2. The molecule has 1 N–H and O–H groups in total. The van der Waals surface area contributed by atoms with Crippen molar-refractivity contribution in [3.8, 4) is 0 Å². The molecule has 1 aromatic carbocycles. The molecular formula is C27H27ClFN3O3. The fourth-order valence-corrected chi connectivity index (χ4v) is 6.96. The van der Waals surface area contributed by atoms with E-state index < -0.39 is 17.2 Å². The third-order valence-corrected chi connectivity index (χ3v) is 8.94. The van der Waals surface area contributed by atoms with Gasteiger partial charge >= 0.3 is 5.97 Å². The minimum Gasteiger partial charge on any atom is -0.481 e. The summed E-state index contributed by atoms with van der Waals surface area (Å²) in [5.74, 6) is -1.05. The molecule has 2 aromatic heterocycles. The van der Waals surface area contributed by atoms with Gasteiger partial charge < -0.3 is 14.6 Å². The number of aromatic nitrogens is 2. The fraction of sp³-hybridized carbons (Fsp3) is 0.444. The van der Waals surface area contributed by atoms with E-state index in [1.165, 1.54) is 11.6 Å². The molecule has 182 valence electrons. The van der Waals surface area contributed by atoms with Crippen molar-refractivity contribution in [2.75, 3.05) is 6.54 Å². The van der Waals surface area contributed by atoms with Crippen LogP contribution >= 0.6 is 11.6 Å². The summed E-state index contributed by atoms with van der Waals surface area (Å²) in [7, 11) is 0. The molecule has 0 atom stereocenters. The van der Waals surface area contributed by atoms with E-state index in [4.69, 9.17) is 11.6 Å². The van der Waals surface area contributed by atoms with Gasteiger partial charge in [0.25, 0.3) is 0 Å². The number of carboxylic acid groups (broad SMARTS) is 1. The maximum atomic E-state index is 13.7. The summed E-state index contributed by atoms with van der Waals surface area (Å²) in [6.45, 7) is 1.61. The largest absolute Gasteiger partial charge is 0.481 e. The Morgan fingerprint density at radius 2 is 1.97 bits per heavy atom. The minimum atomic E-state index is -0.704. The van der Waals surface area contributed by atoms with Crippen LogP contribution in [0.3, 0.4) is 0 Å². The number of carbonyl (C=O) groups excluding carboxylic acids is 1. The molecule has 8 heteroatoms.